The number of unbranched alkanes of at least 4 members (excludes halogenated alkanes) is 4. The number of esters is 2. The lowest BCUT2D eigenvalue weighted by Gasteiger charge is -2.27. The summed E-state index contributed by atoms with van der Waals surface area (Å²) in [4.78, 5) is 70.4. The number of hydrogen-bond acceptors (Lipinski definition) is 9. The molecule has 1 aliphatic rings. The van der Waals surface area contributed by atoms with Crippen LogP contribution in [0.5, 0.6) is 0 Å². The fraction of sp³-hybridized carbons (Fsp3) is 0.571. The van der Waals surface area contributed by atoms with Crippen LogP contribution >= 0.6 is 0 Å². The van der Waals surface area contributed by atoms with Crippen LogP contribution in [0.1, 0.15) is 71.1 Å². The summed E-state index contributed by atoms with van der Waals surface area (Å²) >= 11 is 0. The second-order valence-electron chi connectivity index (χ2n) is 9.64. The van der Waals surface area contributed by atoms with Gasteiger partial charge >= 0.3 is 35.8 Å². The van der Waals surface area contributed by atoms with E-state index < -0.39 is 78.3 Å². The van der Waals surface area contributed by atoms with Gasteiger partial charge in [0.05, 0.1) is 12.8 Å². The molecule has 0 amide bonds. The molecule has 0 radical (unpaired) electrons. The Hall–Kier alpha value is -4.00. The predicted octanol–water partition coefficient (Wildman–Crippen LogP) is 2.71. The summed E-state index contributed by atoms with van der Waals surface area (Å²) in [6, 6.07) is 0. The first-order valence-corrected chi connectivity index (χ1v) is 13.3. The molecule has 0 aromatic carbocycles. The van der Waals surface area contributed by atoms with E-state index in [0.717, 1.165) is 12.8 Å². The van der Waals surface area contributed by atoms with E-state index in [1.807, 2.05) is 12.2 Å². The molecule has 13 nitrogen and oxygen atoms in total. The summed E-state index contributed by atoms with van der Waals surface area (Å²) in [6.45, 7) is 2.15. The van der Waals surface area contributed by atoms with Gasteiger partial charge in [0.15, 0.2) is 5.60 Å². The average molecular weight is 583 g/mol. The zero-order valence-electron chi connectivity index (χ0n) is 22.8. The third kappa shape index (κ3) is 12.0. The molecule has 0 aromatic rings. The highest BCUT2D eigenvalue weighted by molar-refractivity contribution is 5.92. The van der Waals surface area contributed by atoms with E-state index in [9.17, 15) is 44.1 Å². The van der Waals surface area contributed by atoms with Crippen LogP contribution in [0.2, 0.25) is 0 Å². The second kappa shape index (κ2) is 17.6. The molecule has 0 aromatic heterocycles. The molecule has 1 fully saturated rings. The number of carbonyl (C=O) groups is 6. The lowest BCUT2D eigenvalue weighted by molar-refractivity contribution is -0.184. The first kappa shape index (κ1) is 35.0. The monoisotopic (exact) mass is 582 g/mol. The largest absolute Gasteiger partial charge is 0.481 e. The van der Waals surface area contributed by atoms with Gasteiger partial charge in [0.1, 0.15) is 17.9 Å². The maximum absolute atomic E-state index is 12.4. The molecule has 1 heterocycles. The molecular weight excluding hydrogens is 544 g/mol. The third-order valence-electron chi connectivity index (χ3n) is 6.39. The van der Waals surface area contributed by atoms with Crippen molar-refractivity contribution in [3.05, 3.63) is 36.5 Å². The number of cyclic esters (lactones) is 1. The van der Waals surface area contributed by atoms with Gasteiger partial charge in [0, 0.05) is 6.42 Å². The minimum absolute atomic E-state index is 0.302. The van der Waals surface area contributed by atoms with Gasteiger partial charge < -0.3 is 35.0 Å². The topological polar surface area (TPSA) is 222 Å². The molecule has 0 aliphatic carbocycles. The second-order valence-corrected chi connectivity index (χ2v) is 9.64. The van der Waals surface area contributed by atoms with Crippen molar-refractivity contribution in [2.24, 2.45) is 11.8 Å². The summed E-state index contributed by atoms with van der Waals surface area (Å²) in [5.74, 6) is -14.2. The Morgan fingerprint density at radius 1 is 0.951 bits per heavy atom. The van der Waals surface area contributed by atoms with Crippen molar-refractivity contribution >= 4 is 35.8 Å². The zero-order chi connectivity index (χ0) is 31.0. The van der Waals surface area contributed by atoms with E-state index in [4.69, 9.17) is 14.9 Å². The first-order valence-electron chi connectivity index (χ1n) is 13.3. The number of aliphatic carboxylic acids is 4. The van der Waals surface area contributed by atoms with Crippen molar-refractivity contribution in [3.8, 4) is 0 Å². The molecule has 1 aliphatic heterocycles. The Balaban J connectivity index is 2.74. The van der Waals surface area contributed by atoms with Crippen LogP contribution in [0.4, 0.5) is 0 Å². The maximum Gasteiger partial charge on any atom is 0.345 e. The number of carbonyl (C=O) groups excluding carboxylic acids is 2. The Bertz CT molecular complexity index is 1030. The Kier molecular flexibility index (Phi) is 15.1. The highest BCUT2D eigenvalue weighted by Gasteiger charge is 2.55. The molecule has 0 saturated carbocycles. The standard InChI is InChI=1S/C28H38O13/c1-2-3-4-5-6-7-8-9-10-11-12-13-14-18-15-20(26(36)40-18)28(39,27(37)38)17-22(31)41-23(25(34)35)19(24(32)33)16-21(29)30/h6-7,9-10,13-14,18-20,23,39H,2-5,8,11-12,15-17H2,1H3,(H,29,30)(H,32,33)(H,34,35)(H,37,38)/b7-6-,10-9+,14-13+/t18-,19+,20-,23+,28+/m0/s1. The van der Waals surface area contributed by atoms with Crippen LogP contribution in [0.25, 0.3) is 0 Å². The van der Waals surface area contributed by atoms with Gasteiger partial charge in [0.2, 0.25) is 6.10 Å². The minimum atomic E-state index is -3.06. The van der Waals surface area contributed by atoms with E-state index >= 15 is 0 Å². The highest BCUT2D eigenvalue weighted by Crippen LogP contribution is 2.35. The number of carboxylic acids is 4. The Labute approximate surface area is 237 Å². The summed E-state index contributed by atoms with van der Waals surface area (Å²) in [6.07, 6.45) is 12.0. The number of rotatable bonds is 20. The number of allylic oxidation sites excluding steroid dienone is 5. The van der Waals surface area contributed by atoms with E-state index in [1.165, 1.54) is 25.3 Å². The van der Waals surface area contributed by atoms with E-state index in [2.05, 4.69) is 23.8 Å². The Morgan fingerprint density at radius 3 is 2.15 bits per heavy atom. The lowest BCUT2D eigenvalue weighted by Crippen LogP contribution is -2.50. The van der Waals surface area contributed by atoms with Crippen LogP contribution in [-0.2, 0) is 38.2 Å². The van der Waals surface area contributed by atoms with E-state index in [-0.39, 0.29) is 6.42 Å². The van der Waals surface area contributed by atoms with Crippen LogP contribution in [0, 0.1) is 11.8 Å². The van der Waals surface area contributed by atoms with Gasteiger partial charge in [-0.25, -0.2) is 9.59 Å². The van der Waals surface area contributed by atoms with E-state index in [1.54, 1.807) is 6.08 Å². The fourth-order valence-corrected chi connectivity index (χ4v) is 4.14. The van der Waals surface area contributed by atoms with Gasteiger partial charge in [-0.3, -0.25) is 19.2 Å². The van der Waals surface area contributed by atoms with Crippen molar-refractivity contribution in [1.29, 1.82) is 0 Å². The highest BCUT2D eigenvalue weighted by atomic mass is 16.6. The number of hydrogen-bond donors (Lipinski definition) is 5. The van der Waals surface area contributed by atoms with Crippen LogP contribution < -0.4 is 0 Å². The average Bonchev–Trinajstić information content (AvgIpc) is 3.26. The number of aliphatic hydroxyl groups is 1. The molecule has 41 heavy (non-hydrogen) atoms. The van der Waals surface area contributed by atoms with Crippen molar-refractivity contribution < 1.29 is 63.8 Å². The van der Waals surface area contributed by atoms with Crippen molar-refractivity contribution in [1.82, 2.24) is 0 Å². The van der Waals surface area contributed by atoms with Gasteiger partial charge in [-0.2, -0.15) is 0 Å². The molecule has 1 saturated heterocycles. The number of ether oxygens (including phenoxy) is 2. The van der Waals surface area contributed by atoms with Crippen molar-refractivity contribution in [2.45, 2.75) is 88.9 Å². The normalized spacial score (nSPS) is 20.1. The van der Waals surface area contributed by atoms with Gasteiger partial charge in [0.25, 0.3) is 0 Å². The molecule has 0 spiro atoms. The molecule has 0 unspecified atom stereocenters. The molecule has 5 N–H and O–H groups in total. The minimum Gasteiger partial charge on any atom is -0.481 e. The summed E-state index contributed by atoms with van der Waals surface area (Å²) in [7, 11) is 0. The number of carboxylic acid groups (broad SMARTS) is 4. The lowest BCUT2D eigenvalue weighted by atomic mass is 9.82. The van der Waals surface area contributed by atoms with Crippen LogP contribution in [0.3, 0.4) is 0 Å². The Morgan fingerprint density at radius 2 is 1.59 bits per heavy atom. The van der Waals surface area contributed by atoms with E-state index in [0.29, 0.717) is 12.8 Å². The van der Waals surface area contributed by atoms with Crippen LogP contribution in [-0.4, -0.2) is 79.2 Å². The fourth-order valence-electron chi connectivity index (χ4n) is 4.14. The summed E-state index contributed by atoms with van der Waals surface area (Å²) in [5, 5.41) is 47.6. The molecular formula is C28H38O13. The van der Waals surface area contributed by atoms with Gasteiger partial charge in [-0.05, 0) is 38.2 Å². The van der Waals surface area contributed by atoms with Gasteiger partial charge in [-0.1, -0.05) is 50.1 Å². The molecule has 1 rings (SSSR count). The third-order valence-corrected chi connectivity index (χ3v) is 6.39. The zero-order valence-corrected chi connectivity index (χ0v) is 22.8. The first-order chi connectivity index (χ1) is 19.3. The summed E-state index contributed by atoms with van der Waals surface area (Å²) < 4.78 is 9.69. The summed E-state index contributed by atoms with van der Waals surface area (Å²) in [5.41, 5.74) is -3.06. The van der Waals surface area contributed by atoms with Gasteiger partial charge in [-0.15, -0.1) is 0 Å². The molecule has 5 atom stereocenters. The van der Waals surface area contributed by atoms with Crippen molar-refractivity contribution in [3.63, 3.8) is 0 Å². The molecule has 13 heteroatoms. The molecule has 0 bridgehead atoms. The van der Waals surface area contributed by atoms with Crippen LogP contribution in [0.15, 0.2) is 36.5 Å². The quantitative estimate of drug-likeness (QED) is 0.0792. The predicted molar refractivity (Wildman–Crippen MR) is 141 cm³/mol. The SMILES string of the molecule is CCCCC/C=C\C/C=C/CC/C=C/[C@H]1C[C@H]([C@](O)(CC(=O)O[C@@H](C(=O)O)[C@@H](CC(=O)O)C(=O)O)C(=O)O)C(=O)O1. The maximum atomic E-state index is 12.4. The molecule has 228 valence electrons. The smallest absolute Gasteiger partial charge is 0.345 e. The van der Waals surface area contributed by atoms with Crippen molar-refractivity contribution in [2.75, 3.05) is 0 Å².